The summed E-state index contributed by atoms with van der Waals surface area (Å²) in [5.74, 6) is -0.388. The van der Waals surface area contributed by atoms with E-state index in [4.69, 9.17) is 15.2 Å². The zero-order valence-corrected chi connectivity index (χ0v) is 11.7. The second kappa shape index (κ2) is 5.32. The van der Waals surface area contributed by atoms with Crippen LogP contribution in [0.15, 0.2) is 18.2 Å². The maximum absolute atomic E-state index is 11.8. The number of ether oxygens (including phenoxy) is 2. The van der Waals surface area contributed by atoms with Crippen molar-refractivity contribution in [2.45, 2.75) is 31.4 Å². The molecule has 2 unspecified atom stereocenters. The number of hydrogen-bond donors (Lipinski definition) is 1. The lowest BCUT2D eigenvalue weighted by Crippen LogP contribution is -2.49. The Hall–Kier alpha value is -1.75. The van der Waals surface area contributed by atoms with E-state index >= 15 is 0 Å². The van der Waals surface area contributed by atoms with Crippen molar-refractivity contribution in [2.75, 3.05) is 30.9 Å². The van der Waals surface area contributed by atoms with Crippen LogP contribution in [0.2, 0.25) is 0 Å². The SMILES string of the molecule is COC(=O)c1cccc(N2CCOC3CCCC32)c1N. The molecule has 1 saturated carbocycles. The molecule has 2 N–H and O–H groups in total. The van der Waals surface area contributed by atoms with Gasteiger partial charge in [0.05, 0.1) is 42.8 Å². The van der Waals surface area contributed by atoms with Gasteiger partial charge in [0.2, 0.25) is 0 Å². The Morgan fingerprint density at radius 2 is 2.30 bits per heavy atom. The molecule has 1 saturated heterocycles. The van der Waals surface area contributed by atoms with Gasteiger partial charge in [-0.3, -0.25) is 0 Å². The Labute approximate surface area is 118 Å². The van der Waals surface area contributed by atoms with Gasteiger partial charge in [-0.15, -0.1) is 0 Å². The van der Waals surface area contributed by atoms with E-state index in [2.05, 4.69) is 4.90 Å². The van der Waals surface area contributed by atoms with E-state index in [1.165, 1.54) is 13.5 Å². The van der Waals surface area contributed by atoms with Gasteiger partial charge in [-0.1, -0.05) is 6.07 Å². The third-order valence-corrected chi connectivity index (χ3v) is 4.28. The number of rotatable bonds is 2. The first-order chi connectivity index (χ1) is 9.72. The Morgan fingerprint density at radius 3 is 3.10 bits per heavy atom. The van der Waals surface area contributed by atoms with Crippen molar-refractivity contribution in [3.8, 4) is 0 Å². The molecule has 5 nitrogen and oxygen atoms in total. The van der Waals surface area contributed by atoms with Crippen molar-refractivity contribution < 1.29 is 14.3 Å². The lowest BCUT2D eigenvalue weighted by molar-refractivity contribution is 0.0257. The minimum Gasteiger partial charge on any atom is -0.465 e. The van der Waals surface area contributed by atoms with Gasteiger partial charge in [-0.05, 0) is 31.4 Å². The maximum Gasteiger partial charge on any atom is 0.340 e. The first kappa shape index (κ1) is 13.2. The van der Waals surface area contributed by atoms with E-state index in [-0.39, 0.29) is 5.97 Å². The minimum absolute atomic E-state index is 0.296. The number of nitrogen functional groups attached to an aromatic ring is 1. The number of hydrogen-bond acceptors (Lipinski definition) is 5. The molecule has 0 radical (unpaired) electrons. The molecule has 0 amide bonds. The van der Waals surface area contributed by atoms with Crippen LogP contribution in [0.4, 0.5) is 11.4 Å². The number of esters is 1. The van der Waals surface area contributed by atoms with Crippen molar-refractivity contribution in [1.82, 2.24) is 0 Å². The molecule has 20 heavy (non-hydrogen) atoms. The molecule has 0 aromatic heterocycles. The van der Waals surface area contributed by atoms with Gasteiger partial charge >= 0.3 is 5.97 Å². The molecular formula is C15H20N2O3. The number of carbonyl (C=O) groups is 1. The van der Waals surface area contributed by atoms with Crippen LogP contribution in [0.25, 0.3) is 0 Å². The highest BCUT2D eigenvalue weighted by Gasteiger charge is 2.37. The molecule has 2 fully saturated rings. The summed E-state index contributed by atoms with van der Waals surface area (Å²) in [6.45, 7) is 1.53. The van der Waals surface area contributed by atoms with Crippen LogP contribution in [0.1, 0.15) is 29.6 Å². The summed E-state index contributed by atoms with van der Waals surface area (Å²) >= 11 is 0. The Morgan fingerprint density at radius 1 is 1.45 bits per heavy atom. The summed E-state index contributed by atoms with van der Waals surface area (Å²) in [4.78, 5) is 14.0. The first-order valence-corrected chi connectivity index (χ1v) is 7.07. The molecule has 2 aliphatic rings. The Bertz CT molecular complexity index is 518. The molecule has 108 valence electrons. The summed E-state index contributed by atoms with van der Waals surface area (Å²) in [5, 5.41) is 0. The average Bonchev–Trinajstić information content (AvgIpc) is 2.95. The summed E-state index contributed by atoms with van der Waals surface area (Å²) in [7, 11) is 1.37. The van der Waals surface area contributed by atoms with E-state index in [1.54, 1.807) is 6.07 Å². The zero-order chi connectivity index (χ0) is 14.1. The predicted octanol–water partition coefficient (Wildman–Crippen LogP) is 1.81. The van der Waals surface area contributed by atoms with Crippen LogP contribution in [-0.2, 0) is 9.47 Å². The number of fused-ring (bicyclic) bond motifs is 1. The predicted molar refractivity (Wildman–Crippen MR) is 76.9 cm³/mol. The van der Waals surface area contributed by atoms with Crippen molar-refractivity contribution in [1.29, 1.82) is 0 Å². The molecule has 2 atom stereocenters. The quantitative estimate of drug-likeness (QED) is 0.659. The van der Waals surface area contributed by atoms with Crippen LogP contribution in [0.3, 0.4) is 0 Å². The smallest absolute Gasteiger partial charge is 0.340 e. The number of para-hydroxylation sites is 1. The third-order valence-electron chi connectivity index (χ3n) is 4.28. The Balaban J connectivity index is 1.95. The molecule has 1 aliphatic heterocycles. The van der Waals surface area contributed by atoms with Crippen molar-refractivity contribution in [3.63, 3.8) is 0 Å². The zero-order valence-electron chi connectivity index (χ0n) is 11.7. The topological polar surface area (TPSA) is 64.8 Å². The molecule has 1 aromatic carbocycles. The van der Waals surface area contributed by atoms with E-state index in [0.717, 1.165) is 25.1 Å². The first-order valence-electron chi connectivity index (χ1n) is 7.07. The number of nitrogens with two attached hydrogens (primary N) is 1. The van der Waals surface area contributed by atoms with Gasteiger partial charge < -0.3 is 20.1 Å². The fourth-order valence-corrected chi connectivity index (χ4v) is 3.32. The van der Waals surface area contributed by atoms with Gasteiger partial charge in [0.25, 0.3) is 0 Å². The second-order valence-electron chi connectivity index (χ2n) is 5.33. The van der Waals surface area contributed by atoms with E-state index in [9.17, 15) is 4.79 Å². The van der Waals surface area contributed by atoms with Gasteiger partial charge in [-0.25, -0.2) is 4.79 Å². The lowest BCUT2D eigenvalue weighted by Gasteiger charge is -2.40. The molecule has 1 heterocycles. The van der Waals surface area contributed by atoms with Crippen LogP contribution >= 0.6 is 0 Å². The molecule has 0 spiro atoms. The monoisotopic (exact) mass is 276 g/mol. The largest absolute Gasteiger partial charge is 0.465 e. The van der Waals surface area contributed by atoms with Crippen LogP contribution in [-0.4, -0.2) is 38.4 Å². The summed E-state index contributed by atoms with van der Waals surface area (Å²) < 4.78 is 10.6. The average molecular weight is 276 g/mol. The van der Waals surface area contributed by atoms with Crippen molar-refractivity contribution in [3.05, 3.63) is 23.8 Å². The highest BCUT2D eigenvalue weighted by Crippen LogP contribution is 2.36. The fourth-order valence-electron chi connectivity index (χ4n) is 3.32. The van der Waals surface area contributed by atoms with Crippen molar-refractivity contribution in [2.24, 2.45) is 0 Å². The number of methoxy groups -OCH3 is 1. The molecule has 3 rings (SSSR count). The number of carbonyl (C=O) groups excluding carboxylic acids is 1. The lowest BCUT2D eigenvalue weighted by atomic mass is 10.1. The highest BCUT2D eigenvalue weighted by atomic mass is 16.5. The van der Waals surface area contributed by atoms with Crippen molar-refractivity contribution >= 4 is 17.3 Å². The van der Waals surface area contributed by atoms with E-state index in [1.807, 2.05) is 12.1 Å². The standard InChI is InChI=1S/C15H20N2O3/c1-19-15(18)10-4-2-6-12(14(10)16)17-8-9-20-13-7-3-5-11(13)17/h2,4,6,11,13H,3,5,7-9,16H2,1H3. The number of morpholine rings is 1. The number of benzene rings is 1. The highest BCUT2D eigenvalue weighted by molar-refractivity contribution is 5.98. The third kappa shape index (κ3) is 2.12. The normalized spacial score (nSPS) is 25.4. The van der Waals surface area contributed by atoms with E-state index in [0.29, 0.717) is 30.0 Å². The number of anilines is 2. The van der Waals surface area contributed by atoms with Gasteiger partial charge in [0.1, 0.15) is 0 Å². The molecule has 5 heteroatoms. The minimum atomic E-state index is -0.388. The summed E-state index contributed by atoms with van der Waals surface area (Å²) in [5.41, 5.74) is 8.06. The molecule has 0 bridgehead atoms. The number of nitrogens with zero attached hydrogens (tertiary/aromatic N) is 1. The summed E-state index contributed by atoms with van der Waals surface area (Å²) in [6, 6.07) is 5.91. The fraction of sp³-hybridized carbons (Fsp3) is 0.533. The van der Waals surface area contributed by atoms with Gasteiger partial charge in [-0.2, -0.15) is 0 Å². The van der Waals surface area contributed by atoms with Gasteiger partial charge in [0, 0.05) is 6.54 Å². The van der Waals surface area contributed by atoms with Crippen LogP contribution < -0.4 is 10.6 Å². The van der Waals surface area contributed by atoms with Crippen LogP contribution in [0, 0.1) is 0 Å². The van der Waals surface area contributed by atoms with Crippen LogP contribution in [0.5, 0.6) is 0 Å². The van der Waals surface area contributed by atoms with Gasteiger partial charge in [0.15, 0.2) is 0 Å². The molecular weight excluding hydrogens is 256 g/mol. The molecule has 1 aromatic rings. The van der Waals surface area contributed by atoms with E-state index < -0.39 is 0 Å². The maximum atomic E-state index is 11.8. The second-order valence-corrected chi connectivity index (χ2v) is 5.33. The summed E-state index contributed by atoms with van der Waals surface area (Å²) in [6.07, 6.45) is 3.71. The Kier molecular flexibility index (Phi) is 3.53. The molecule has 1 aliphatic carbocycles.